The Labute approximate surface area is 73.9 Å². The highest BCUT2D eigenvalue weighted by atomic mass is 16.2. The summed E-state index contributed by atoms with van der Waals surface area (Å²) in [5, 5.41) is 0. The Kier molecular flexibility index (Phi) is 1.85. The lowest BCUT2D eigenvalue weighted by Gasteiger charge is -2.37. The van der Waals surface area contributed by atoms with Crippen molar-refractivity contribution in [3.05, 3.63) is 0 Å². The van der Waals surface area contributed by atoms with Gasteiger partial charge in [-0.1, -0.05) is 20.3 Å². The molecule has 0 aromatic heterocycles. The first-order chi connectivity index (χ1) is 5.72. The minimum Gasteiger partial charge on any atom is -0.342 e. The predicted molar refractivity (Wildman–Crippen MR) is 47.6 cm³/mol. The standard InChI is InChI=1S/C10H17NO/c1-3-8-4-9(8)10(12)11-5-7(2)6-11/h7-9H,3-6H2,1-2H3. The number of hydrogen-bond acceptors (Lipinski definition) is 1. The van der Waals surface area contributed by atoms with Crippen LogP contribution in [0.4, 0.5) is 0 Å². The molecule has 0 N–H and O–H groups in total. The molecule has 1 saturated heterocycles. The normalized spacial score (nSPS) is 34.7. The molecule has 2 unspecified atom stereocenters. The highest BCUT2D eigenvalue weighted by Gasteiger charge is 2.45. The van der Waals surface area contributed by atoms with E-state index in [0.29, 0.717) is 17.7 Å². The minimum absolute atomic E-state index is 0.405. The van der Waals surface area contributed by atoms with Crippen LogP contribution in [0, 0.1) is 17.8 Å². The Bertz CT molecular complexity index is 192. The third kappa shape index (κ3) is 1.23. The smallest absolute Gasteiger partial charge is 0.225 e. The topological polar surface area (TPSA) is 20.3 Å². The van der Waals surface area contributed by atoms with Crippen LogP contribution in [0.15, 0.2) is 0 Å². The molecule has 1 saturated carbocycles. The largest absolute Gasteiger partial charge is 0.342 e. The van der Waals surface area contributed by atoms with E-state index in [1.54, 1.807) is 0 Å². The van der Waals surface area contributed by atoms with Crippen molar-refractivity contribution >= 4 is 5.91 Å². The van der Waals surface area contributed by atoms with Crippen molar-refractivity contribution in [3.63, 3.8) is 0 Å². The van der Waals surface area contributed by atoms with Gasteiger partial charge in [0, 0.05) is 19.0 Å². The average Bonchev–Trinajstić information content (AvgIpc) is 2.76. The molecular weight excluding hydrogens is 150 g/mol. The van der Waals surface area contributed by atoms with Crippen LogP contribution in [0.25, 0.3) is 0 Å². The summed E-state index contributed by atoms with van der Waals surface area (Å²) in [6.45, 7) is 6.39. The van der Waals surface area contributed by atoms with E-state index < -0.39 is 0 Å². The van der Waals surface area contributed by atoms with Crippen molar-refractivity contribution in [2.75, 3.05) is 13.1 Å². The second-order valence-electron chi connectivity index (χ2n) is 4.36. The van der Waals surface area contributed by atoms with Gasteiger partial charge in [0.15, 0.2) is 0 Å². The maximum Gasteiger partial charge on any atom is 0.225 e. The molecule has 2 atom stereocenters. The highest BCUT2D eigenvalue weighted by Crippen LogP contribution is 2.43. The summed E-state index contributed by atoms with van der Waals surface area (Å²) in [4.78, 5) is 13.6. The Morgan fingerprint density at radius 3 is 2.58 bits per heavy atom. The van der Waals surface area contributed by atoms with Crippen LogP contribution < -0.4 is 0 Å². The molecular formula is C10H17NO. The van der Waals surface area contributed by atoms with Gasteiger partial charge in [0.2, 0.25) is 5.91 Å². The van der Waals surface area contributed by atoms with Crippen molar-refractivity contribution in [2.45, 2.75) is 26.7 Å². The van der Waals surface area contributed by atoms with Gasteiger partial charge >= 0.3 is 0 Å². The SMILES string of the molecule is CCC1CC1C(=O)N1CC(C)C1. The van der Waals surface area contributed by atoms with E-state index in [1.807, 2.05) is 4.90 Å². The molecule has 1 aliphatic carbocycles. The van der Waals surface area contributed by atoms with E-state index in [2.05, 4.69) is 13.8 Å². The van der Waals surface area contributed by atoms with Crippen LogP contribution in [-0.4, -0.2) is 23.9 Å². The fourth-order valence-electron chi connectivity index (χ4n) is 2.11. The van der Waals surface area contributed by atoms with Gasteiger partial charge < -0.3 is 4.90 Å². The van der Waals surface area contributed by atoms with E-state index in [4.69, 9.17) is 0 Å². The van der Waals surface area contributed by atoms with Crippen LogP contribution in [0.1, 0.15) is 26.7 Å². The molecule has 2 fully saturated rings. The Morgan fingerprint density at radius 1 is 1.50 bits per heavy atom. The molecule has 0 bridgehead atoms. The second kappa shape index (κ2) is 2.75. The Morgan fingerprint density at radius 2 is 2.17 bits per heavy atom. The summed E-state index contributed by atoms with van der Waals surface area (Å²) in [5.74, 6) is 2.30. The molecule has 2 aliphatic rings. The maximum absolute atomic E-state index is 11.6. The van der Waals surface area contributed by atoms with Gasteiger partial charge in [-0.3, -0.25) is 4.79 Å². The third-order valence-electron chi connectivity index (χ3n) is 3.14. The summed E-state index contributed by atoms with van der Waals surface area (Å²) in [5.41, 5.74) is 0. The first kappa shape index (κ1) is 8.09. The van der Waals surface area contributed by atoms with E-state index in [0.717, 1.165) is 25.4 Å². The van der Waals surface area contributed by atoms with E-state index >= 15 is 0 Å². The fraction of sp³-hybridized carbons (Fsp3) is 0.900. The number of likely N-dealkylation sites (tertiary alicyclic amines) is 1. The lowest BCUT2D eigenvalue weighted by atomic mass is 10.0. The molecule has 0 aromatic rings. The number of nitrogens with zero attached hydrogens (tertiary/aromatic N) is 1. The molecule has 0 aromatic carbocycles. The third-order valence-corrected chi connectivity index (χ3v) is 3.14. The molecule has 68 valence electrons. The highest BCUT2D eigenvalue weighted by molar-refractivity contribution is 5.82. The summed E-state index contributed by atoms with van der Waals surface area (Å²) >= 11 is 0. The van der Waals surface area contributed by atoms with Gasteiger partial charge in [-0.25, -0.2) is 0 Å². The van der Waals surface area contributed by atoms with Crippen molar-refractivity contribution < 1.29 is 4.79 Å². The van der Waals surface area contributed by atoms with Crippen LogP contribution in [0.5, 0.6) is 0 Å². The molecule has 12 heavy (non-hydrogen) atoms. The summed E-state index contributed by atoms with van der Waals surface area (Å²) in [7, 11) is 0. The molecule has 2 rings (SSSR count). The summed E-state index contributed by atoms with van der Waals surface area (Å²) in [6.07, 6.45) is 2.33. The summed E-state index contributed by atoms with van der Waals surface area (Å²) < 4.78 is 0. The zero-order valence-electron chi connectivity index (χ0n) is 7.92. The van der Waals surface area contributed by atoms with Crippen LogP contribution >= 0.6 is 0 Å². The van der Waals surface area contributed by atoms with Crippen LogP contribution in [-0.2, 0) is 4.79 Å². The summed E-state index contributed by atoms with van der Waals surface area (Å²) in [6, 6.07) is 0. The quantitative estimate of drug-likeness (QED) is 0.610. The lowest BCUT2D eigenvalue weighted by molar-refractivity contribution is -0.138. The average molecular weight is 167 g/mol. The molecule has 1 aliphatic heterocycles. The van der Waals surface area contributed by atoms with E-state index in [9.17, 15) is 4.79 Å². The van der Waals surface area contributed by atoms with E-state index in [-0.39, 0.29) is 0 Å². The predicted octanol–water partition coefficient (Wildman–Crippen LogP) is 1.51. The zero-order chi connectivity index (χ0) is 8.72. The molecule has 1 amide bonds. The first-order valence-corrected chi connectivity index (χ1v) is 5.01. The van der Waals surface area contributed by atoms with Gasteiger partial charge in [0.25, 0.3) is 0 Å². The second-order valence-corrected chi connectivity index (χ2v) is 4.36. The molecule has 2 nitrogen and oxygen atoms in total. The van der Waals surface area contributed by atoms with Crippen LogP contribution in [0.2, 0.25) is 0 Å². The minimum atomic E-state index is 0.405. The van der Waals surface area contributed by atoms with Crippen molar-refractivity contribution in [1.82, 2.24) is 4.90 Å². The zero-order valence-corrected chi connectivity index (χ0v) is 7.92. The first-order valence-electron chi connectivity index (χ1n) is 5.01. The van der Waals surface area contributed by atoms with Crippen molar-refractivity contribution in [3.8, 4) is 0 Å². The van der Waals surface area contributed by atoms with Gasteiger partial charge in [-0.15, -0.1) is 0 Å². The molecule has 2 heteroatoms. The van der Waals surface area contributed by atoms with Gasteiger partial charge in [-0.2, -0.15) is 0 Å². The van der Waals surface area contributed by atoms with Crippen molar-refractivity contribution in [2.24, 2.45) is 17.8 Å². The van der Waals surface area contributed by atoms with Crippen LogP contribution in [0.3, 0.4) is 0 Å². The molecule has 1 heterocycles. The van der Waals surface area contributed by atoms with Gasteiger partial charge in [0.1, 0.15) is 0 Å². The molecule has 0 spiro atoms. The Hall–Kier alpha value is -0.530. The lowest BCUT2D eigenvalue weighted by Crippen LogP contribution is -2.49. The van der Waals surface area contributed by atoms with E-state index in [1.165, 1.54) is 6.42 Å². The number of rotatable bonds is 2. The number of carbonyl (C=O) groups excluding carboxylic acids is 1. The number of carbonyl (C=O) groups is 1. The van der Waals surface area contributed by atoms with Gasteiger partial charge in [0.05, 0.1) is 0 Å². The number of hydrogen-bond donors (Lipinski definition) is 0. The van der Waals surface area contributed by atoms with Crippen molar-refractivity contribution in [1.29, 1.82) is 0 Å². The maximum atomic E-state index is 11.6. The number of amides is 1. The van der Waals surface area contributed by atoms with Gasteiger partial charge in [-0.05, 0) is 18.3 Å². The monoisotopic (exact) mass is 167 g/mol. The fourth-order valence-corrected chi connectivity index (χ4v) is 2.11. The Balaban J connectivity index is 1.79. The molecule has 0 radical (unpaired) electrons.